The largest absolute Gasteiger partial charge is 0.324 e. The lowest BCUT2D eigenvalue weighted by Gasteiger charge is -2.06. The van der Waals surface area contributed by atoms with E-state index in [2.05, 4.69) is 25.4 Å². The first-order valence-electron chi connectivity index (χ1n) is 7.57. The summed E-state index contributed by atoms with van der Waals surface area (Å²) >= 11 is 6.08. The Hall–Kier alpha value is -3.13. The maximum Gasteiger partial charge on any atom is 0.169 e. The highest BCUT2D eigenvalue weighted by molar-refractivity contribution is 6.32. The van der Waals surface area contributed by atoms with Crippen molar-refractivity contribution in [3.05, 3.63) is 65.3 Å². The number of hydrogen-bond donors (Lipinski definition) is 1. The quantitative estimate of drug-likeness (QED) is 0.584. The number of nitrogens with zero attached hydrogens (tertiary/aromatic N) is 5. The van der Waals surface area contributed by atoms with E-state index >= 15 is 0 Å². The minimum Gasteiger partial charge on any atom is -0.324 e. The van der Waals surface area contributed by atoms with Gasteiger partial charge >= 0.3 is 0 Å². The van der Waals surface area contributed by atoms with Crippen LogP contribution in [0.4, 0.5) is 20.4 Å². The minimum absolute atomic E-state index is 0.0348. The predicted molar refractivity (Wildman–Crippen MR) is 93.8 cm³/mol. The fourth-order valence-corrected chi connectivity index (χ4v) is 2.79. The van der Waals surface area contributed by atoms with Crippen molar-refractivity contribution in [1.82, 2.24) is 24.7 Å². The van der Waals surface area contributed by atoms with Gasteiger partial charge in [-0.1, -0.05) is 17.7 Å². The summed E-state index contributed by atoms with van der Waals surface area (Å²) in [6, 6.07) is 5.99. The van der Waals surface area contributed by atoms with Crippen LogP contribution >= 0.6 is 11.6 Å². The number of anilines is 2. The predicted octanol–water partition coefficient (Wildman–Crippen LogP) is 4.19. The molecular weight excluding hydrogens is 362 g/mol. The molecule has 1 aromatic carbocycles. The Kier molecular flexibility index (Phi) is 3.96. The van der Waals surface area contributed by atoms with Crippen LogP contribution in [0.25, 0.3) is 16.6 Å². The van der Waals surface area contributed by atoms with Crippen LogP contribution in [0.1, 0.15) is 5.69 Å². The van der Waals surface area contributed by atoms with E-state index in [0.29, 0.717) is 17.0 Å². The third-order valence-electron chi connectivity index (χ3n) is 3.72. The Morgan fingerprint density at radius 3 is 2.73 bits per heavy atom. The fraction of sp³-hybridized carbons (Fsp3) is 0.0588. The molecule has 1 N–H and O–H groups in total. The molecule has 0 bridgehead atoms. The van der Waals surface area contributed by atoms with E-state index in [-0.39, 0.29) is 16.2 Å². The first-order valence-corrected chi connectivity index (χ1v) is 7.94. The Morgan fingerprint density at radius 2 is 1.96 bits per heavy atom. The van der Waals surface area contributed by atoms with Gasteiger partial charge in [-0.15, -0.1) is 0 Å². The van der Waals surface area contributed by atoms with E-state index in [4.69, 9.17) is 11.6 Å². The Morgan fingerprint density at radius 1 is 1.12 bits per heavy atom. The average Bonchev–Trinajstić information content (AvgIpc) is 3.03. The standard InChI is InChI=1S/C17H11ClF2N6/c1-9-5-14(23-8-22-9)24-17-10-7-26(25-15(10)13(20)6-21-17)16-11(18)3-2-4-12(16)19/h2-8H,1H3,(H,21,22,23,24). The number of aromatic nitrogens is 5. The SMILES string of the molecule is Cc1cc(Nc2ncc(F)c3nn(-c4c(F)cccc4Cl)cc23)ncn1. The second-order valence-electron chi connectivity index (χ2n) is 5.53. The number of para-hydroxylation sites is 1. The summed E-state index contributed by atoms with van der Waals surface area (Å²) < 4.78 is 29.5. The molecule has 3 heterocycles. The van der Waals surface area contributed by atoms with Crippen LogP contribution in [0.2, 0.25) is 5.02 Å². The lowest BCUT2D eigenvalue weighted by atomic mass is 10.3. The van der Waals surface area contributed by atoms with Crippen LogP contribution in [0.15, 0.2) is 43.0 Å². The summed E-state index contributed by atoms with van der Waals surface area (Å²) in [5, 5.41) is 7.65. The van der Waals surface area contributed by atoms with Crippen LogP contribution in [0, 0.1) is 18.6 Å². The number of benzene rings is 1. The lowest BCUT2D eigenvalue weighted by Crippen LogP contribution is -1.99. The van der Waals surface area contributed by atoms with Crippen LogP contribution in [0.5, 0.6) is 0 Å². The van der Waals surface area contributed by atoms with E-state index < -0.39 is 11.6 Å². The zero-order valence-electron chi connectivity index (χ0n) is 13.4. The zero-order chi connectivity index (χ0) is 18.3. The fourth-order valence-electron chi connectivity index (χ4n) is 2.54. The van der Waals surface area contributed by atoms with Crippen molar-refractivity contribution in [2.24, 2.45) is 0 Å². The van der Waals surface area contributed by atoms with Gasteiger partial charge in [-0.2, -0.15) is 5.10 Å². The van der Waals surface area contributed by atoms with Gasteiger partial charge in [-0.05, 0) is 19.1 Å². The van der Waals surface area contributed by atoms with Gasteiger partial charge in [-0.25, -0.2) is 28.4 Å². The maximum atomic E-state index is 14.2. The second-order valence-corrected chi connectivity index (χ2v) is 5.94. The lowest BCUT2D eigenvalue weighted by molar-refractivity contribution is 0.608. The Balaban J connectivity index is 1.86. The van der Waals surface area contributed by atoms with Gasteiger partial charge in [0.1, 0.15) is 35.0 Å². The molecule has 0 atom stereocenters. The molecule has 4 aromatic rings. The molecule has 0 aliphatic rings. The highest BCUT2D eigenvalue weighted by Crippen LogP contribution is 2.29. The molecule has 0 saturated carbocycles. The number of aryl methyl sites for hydroxylation is 1. The van der Waals surface area contributed by atoms with Crippen LogP contribution in [-0.4, -0.2) is 24.7 Å². The molecular formula is C17H11ClF2N6. The van der Waals surface area contributed by atoms with Crippen molar-refractivity contribution >= 4 is 34.1 Å². The number of fused-ring (bicyclic) bond motifs is 1. The first-order chi connectivity index (χ1) is 12.5. The number of rotatable bonds is 3. The number of halogens is 3. The van der Waals surface area contributed by atoms with Gasteiger partial charge in [0.25, 0.3) is 0 Å². The molecule has 3 aromatic heterocycles. The smallest absolute Gasteiger partial charge is 0.169 e. The summed E-state index contributed by atoms with van der Waals surface area (Å²) in [7, 11) is 0. The van der Waals surface area contributed by atoms with E-state index in [0.717, 1.165) is 11.9 Å². The van der Waals surface area contributed by atoms with Gasteiger partial charge in [0.15, 0.2) is 5.82 Å². The van der Waals surface area contributed by atoms with Crippen LogP contribution in [0.3, 0.4) is 0 Å². The minimum atomic E-state index is -0.629. The van der Waals surface area contributed by atoms with Crippen molar-refractivity contribution in [1.29, 1.82) is 0 Å². The molecule has 130 valence electrons. The molecule has 0 saturated heterocycles. The van der Waals surface area contributed by atoms with Gasteiger partial charge in [0, 0.05) is 18.0 Å². The molecule has 0 amide bonds. The van der Waals surface area contributed by atoms with Crippen molar-refractivity contribution in [3.63, 3.8) is 0 Å². The van der Waals surface area contributed by atoms with Gasteiger partial charge in [0.05, 0.1) is 16.6 Å². The number of pyridine rings is 1. The summed E-state index contributed by atoms with van der Waals surface area (Å²) in [4.78, 5) is 12.2. The van der Waals surface area contributed by atoms with Gasteiger partial charge in [-0.3, -0.25) is 0 Å². The summed E-state index contributed by atoms with van der Waals surface area (Å²) in [5.41, 5.74) is 0.830. The highest BCUT2D eigenvalue weighted by Gasteiger charge is 2.17. The van der Waals surface area contributed by atoms with E-state index in [1.807, 2.05) is 6.92 Å². The monoisotopic (exact) mass is 372 g/mol. The highest BCUT2D eigenvalue weighted by atomic mass is 35.5. The van der Waals surface area contributed by atoms with E-state index in [1.165, 1.54) is 35.4 Å². The summed E-state index contributed by atoms with van der Waals surface area (Å²) in [6.45, 7) is 1.82. The van der Waals surface area contributed by atoms with Crippen molar-refractivity contribution in [2.45, 2.75) is 6.92 Å². The van der Waals surface area contributed by atoms with Crippen LogP contribution < -0.4 is 5.32 Å². The summed E-state index contributed by atoms with van der Waals surface area (Å²) in [6.07, 6.45) is 3.91. The van der Waals surface area contributed by atoms with Crippen molar-refractivity contribution in [2.75, 3.05) is 5.32 Å². The number of nitrogens with one attached hydrogen (secondary N) is 1. The molecule has 0 spiro atoms. The molecule has 0 aliphatic carbocycles. The third-order valence-corrected chi connectivity index (χ3v) is 4.02. The maximum absolute atomic E-state index is 14.2. The second kappa shape index (κ2) is 6.30. The Bertz CT molecular complexity index is 1110. The van der Waals surface area contributed by atoms with E-state index in [1.54, 1.807) is 6.07 Å². The first kappa shape index (κ1) is 16.3. The molecule has 0 aliphatic heterocycles. The van der Waals surface area contributed by atoms with Crippen molar-refractivity contribution < 1.29 is 8.78 Å². The third kappa shape index (κ3) is 2.84. The van der Waals surface area contributed by atoms with Crippen LogP contribution in [-0.2, 0) is 0 Å². The molecule has 0 radical (unpaired) electrons. The molecule has 0 fully saturated rings. The topological polar surface area (TPSA) is 68.5 Å². The molecule has 0 unspecified atom stereocenters. The molecule has 26 heavy (non-hydrogen) atoms. The summed E-state index contributed by atoms with van der Waals surface area (Å²) in [5.74, 6) is -0.372. The number of hydrogen-bond acceptors (Lipinski definition) is 5. The normalized spacial score (nSPS) is 11.1. The van der Waals surface area contributed by atoms with E-state index in [9.17, 15) is 8.78 Å². The average molecular weight is 373 g/mol. The zero-order valence-corrected chi connectivity index (χ0v) is 14.2. The molecule has 9 heteroatoms. The molecule has 6 nitrogen and oxygen atoms in total. The van der Waals surface area contributed by atoms with Gasteiger partial charge < -0.3 is 5.32 Å². The Labute approximate surface area is 151 Å². The molecule has 4 rings (SSSR count). The van der Waals surface area contributed by atoms with Gasteiger partial charge in [0.2, 0.25) is 0 Å². The van der Waals surface area contributed by atoms with Crippen molar-refractivity contribution in [3.8, 4) is 5.69 Å².